The van der Waals surface area contributed by atoms with Crippen molar-refractivity contribution in [1.82, 2.24) is 9.78 Å². The van der Waals surface area contributed by atoms with Gasteiger partial charge in [0, 0.05) is 16.7 Å². The molecule has 1 unspecified atom stereocenters. The van der Waals surface area contributed by atoms with E-state index >= 15 is 0 Å². The Morgan fingerprint density at radius 2 is 1.82 bits per heavy atom. The molecule has 6 N–H and O–H groups in total. The quantitative estimate of drug-likeness (QED) is 0.328. The summed E-state index contributed by atoms with van der Waals surface area (Å²) in [7, 11) is 1.55. The van der Waals surface area contributed by atoms with Gasteiger partial charge >= 0.3 is 6.18 Å². The van der Waals surface area contributed by atoms with Crippen molar-refractivity contribution in [3.63, 3.8) is 0 Å². The third kappa shape index (κ3) is 5.47. The topological polar surface area (TPSA) is 144 Å². The lowest BCUT2D eigenvalue weighted by Gasteiger charge is -2.37. The highest BCUT2D eigenvalue weighted by molar-refractivity contribution is 6.03. The Morgan fingerprint density at radius 1 is 1.18 bits per heavy atom. The van der Waals surface area contributed by atoms with Gasteiger partial charge in [-0.3, -0.25) is 4.79 Å². The van der Waals surface area contributed by atoms with Crippen LogP contribution in [0.15, 0.2) is 48.5 Å². The number of nitrogen functional groups attached to an aromatic ring is 1. The van der Waals surface area contributed by atoms with Crippen molar-refractivity contribution in [2.45, 2.75) is 56.6 Å². The van der Waals surface area contributed by atoms with Gasteiger partial charge in [-0.25, -0.2) is 4.68 Å². The van der Waals surface area contributed by atoms with Crippen molar-refractivity contribution < 1.29 is 32.9 Å². The molecule has 1 heterocycles. The van der Waals surface area contributed by atoms with E-state index in [2.05, 4.69) is 5.10 Å². The number of hydrogen-bond donors (Lipinski definition) is 4. The van der Waals surface area contributed by atoms with Gasteiger partial charge in [0.1, 0.15) is 35.9 Å². The number of rotatable bonds is 8. The second-order valence-corrected chi connectivity index (χ2v) is 9.58. The first-order valence-electron chi connectivity index (χ1n) is 12.1. The predicted octanol–water partition coefficient (Wildman–Crippen LogP) is 2.73. The number of benzene rings is 2. The van der Waals surface area contributed by atoms with Gasteiger partial charge in [0.15, 0.2) is 5.60 Å². The molecule has 204 valence electrons. The summed E-state index contributed by atoms with van der Waals surface area (Å²) in [5.41, 5.74) is 11.2. The predicted molar refractivity (Wildman–Crippen MR) is 134 cm³/mol. The molecular weight excluding hydrogens is 503 g/mol. The first-order chi connectivity index (χ1) is 17.9. The number of anilines is 1. The second kappa shape index (κ2) is 10.6. The number of hydroxylamine groups is 2. The summed E-state index contributed by atoms with van der Waals surface area (Å²) in [5.74, 6) is -0.210. The molecule has 0 aliphatic heterocycles. The first-order valence-corrected chi connectivity index (χ1v) is 12.1. The van der Waals surface area contributed by atoms with Crippen molar-refractivity contribution >= 4 is 11.7 Å². The van der Waals surface area contributed by atoms with E-state index in [1.54, 1.807) is 37.4 Å². The maximum absolute atomic E-state index is 13.2. The molecule has 1 amide bonds. The van der Waals surface area contributed by atoms with Gasteiger partial charge < -0.3 is 31.6 Å². The monoisotopic (exact) mass is 533 g/mol. The summed E-state index contributed by atoms with van der Waals surface area (Å²) in [6.07, 6.45) is -5.77. The summed E-state index contributed by atoms with van der Waals surface area (Å²) in [6, 6.07) is 13.6. The molecule has 2 aromatic carbocycles. The Bertz CT molecular complexity index is 1290. The Morgan fingerprint density at radius 3 is 2.39 bits per heavy atom. The van der Waals surface area contributed by atoms with Gasteiger partial charge in [-0.15, -0.1) is 0 Å². The van der Waals surface area contributed by atoms with Gasteiger partial charge in [0.05, 0.1) is 13.2 Å². The van der Waals surface area contributed by atoms with Gasteiger partial charge in [-0.1, -0.05) is 36.4 Å². The van der Waals surface area contributed by atoms with Gasteiger partial charge in [0.25, 0.3) is 5.91 Å². The maximum Gasteiger partial charge on any atom is 0.417 e. The fourth-order valence-corrected chi connectivity index (χ4v) is 4.91. The number of amides is 1. The molecule has 38 heavy (non-hydrogen) atoms. The highest BCUT2D eigenvalue weighted by Crippen LogP contribution is 2.45. The van der Waals surface area contributed by atoms with E-state index in [0.29, 0.717) is 11.3 Å². The summed E-state index contributed by atoms with van der Waals surface area (Å²) >= 11 is 0. The molecule has 1 fully saturated rings. The molecule has 0 spiro atoms. The number of ether oxygens (including phenoxy) is 1. The van der Waals surface area contributed by atoms with E-state index in [4.69, 9.17) is 16.2 Å². The third-order valence-electron chi connectivity index (χ3n) is 7.06. The van der Waals surface area contributed by atoms with Gasteiger partial charge in [-0.2, -0.15) is 18.3 Å². The zero-order chi connectivity index (χ0) is 27.7. The molecule has 1 aliphatic carbocycles. The Labute approximate surface area is 217 Å². The van der Waals surface area contributed by atoms with Crippen molar-refractivity contribution in [1.29, 1.82) is 0 Å². The summed E-state index contributed by atoms with van der Waals surface area (Å²) in [6.45, 7) is 0.394. The van der Waals surface area contributed by atoms with Crippen LogP contribution < -0.4 is 21.3 Å². The number of aromatic nitrogens is 2. The van der Waals surface area contributed by atoms with E-state index < -0.39 is 36.6 Å². The average molecular weight is 534 g/mol. The summed E-state index contributed by atoms with van der Waals surface area (Å²) in [5, 5.41) is 27.1. The van der Waals surface area contributed by atoms with Crippen LogP contribution in [0.4, 0.5) is 19.0 Å². The number of hydrogen-bond acceptors (Lipinski definition) is 6. The van der Waals surface area contributed by atoms with E-state index in [0.717, 1.165) is 11.1 Å². The minimum absolute atomic E-state index is 0.00953. The maximum atomic E-state index is 13.2. The fourth-order valence-electron chi connectivity index (χ4n) is 4.91. The standard InChI is InChI=1S/C26H30F3N5O4/c1-38-20-5-3-2-4-18(20)15-33(37)14-16-6-8-17(9-7-16)22-21(24(31)35)23(30)34(32-22)19-10-12-25(36,13-11-19)26(27,28)29/h2-9,19,33,36H,10-15,30H2,1H3,(H2,31,35). The lowest BCUT2D eigenvalue weighted by atomic mass is 9.81. The molecule has 1 aromatic heterocycles. The SMILES string of the molecule is COc1ccccc1C[NH+]([O-])Cc1ccc(-c2nn(C3CCC(O)(C(F)(F)F)CC3)c(N)c2C(N)=O)cc1. The largest absolute Gasteiger partial charge is 0.634 e. The highest BCUT2D eigenvalue weighted by Gasteiger charge is 2.55. The van der Waals surface area contributed by atoms with Crippen LogP contribution in [0.5, 0.6) is 5.75 Å². The number of alkyl halides is 3. The Hall–Kier alpha value is -3.61. The number of nitrogens with two attached hydrogens (primary N) is 2. The smallest absolute Gasteiger partial charge is 0.417 e. The molecule has 12 heteroatoms. The van der Waals surface area contributed by atoms with Crippen LogP contribution in [0.25, 0.3) is 11.3 Å². The summed E-state index contributed by atoms with van der Waals surface area (Å²) < 4.78 is 46.2. The minimum atomic E-state index is -4.73. The number of aliphatic hydroxyl groups is 1. The van der Waals surface area contributed by atoms with Crippen LogP contribution in [0.3, 0.4) is 0 Å². The molecule has 0 bridgehead atoms. The average Bonchev–Trinajstić information content (AvgIpc) is 3.22. The number of carbonyl (C=O) groups excluding carboxylic acids is 1. The molecule has 1 atom stereocenters. The van der Waals surface area contributed by atoms with Crippen LogP contribution in [0.2, 0.25) is 0 Å². The molecule has 4 rings (SSSR count). The number of nitrogens with one attached hydrogen (secondary N) is 1. The molecule has 1 aliphatic rings. The Balaban J connectivity index is 1.51. The number of para-hydroxylation sites is 1. The fraction of sp³-hybridized carbons (Fsp3) is 0.385. The van der Waals surface area contributed by atoms with Crippen LogP contribution in [0.1, 0.15) is 53.2 Å². The molecule has 0 radical (unpaired) electrons. The van der Waals surface area contributed by atoms with Crippen LogP contribution in [-0.4, -0.2) is 39.7 Å². The van der Waals surface area contributed by atoms with Gasteiger partial charge in [-0.05, 0) is 37.8 Å². The highest BCUT2D eigenvalue weighted by atomic mass is 19.4. The molecule has 9 nitrogen and oxygen atoms in total. The van der Waals surface area contributed by atoms with Crippen molar-refractivity contribution in [3.8, 4) is 17.0 Å². The van der Waals surface area contributed by atoms with Crippen molar-refractivity contribution in [2.24, 2.45) is 5.73 Å². The number of primary amides is 1. The first kappa shape index (κ1) is 27.4. The molecule has 3 aromatic rings. The van der Waals surface area contributed by atoms with Crippen LogP contribution in [0, 0.1) is 5.21 Å². The zero-order valence-corrected chi connectivity index (χ0v) is 20.8. The normalized spacial score (nSPS) is 20.7. The summed E-state index contributed by atoms with van der Waals surface area (Å²) in [4.78, 5) is 12.2. The molecular formula is C26H30F3N5O4. The van der Waals surface area contributed by atoms with Crippen molar-refractivity contribution in [3.05, 3.63) is 70.4 Å². The van der Waals surface area contributed by atoms with Crippen LogP contribution >= 0.6 is 0 Å². The number of methoxy groups -OCH3 is 1. The lowest BCUT2D eigenvalue weighted by molar-refractivity contribution is -0.876. The van der Waals surface area contributed by atoms with E-state index in [9.17, 15) is 28.3 Å². The lowest BCUT2D eigenvalue weighted by Crippen LogP contribution is -3.04. The number of halogens is 3. The number of quaternary nitrogens is 1. The molecule has 1 saturated carbocycles. The number of carbonyl (C=O) groups is 1. The zero-order valence-electron chi connectivity index (χ0n) is 20.8. The van der Waals surface area contributed by atoms with E-state index in [1.165, 1.54) is 4.68 Å². The number of nitrogens with zero attached hydrogens (tertiary/aromatic N) is 2. The van der Waals surface area contributed by atoms with Gasteiger partial charge in [0.2, 0.25) is 0 Å². The minimum Gasteiger partial charge on any atom is -0.634 e. The van der Waals surface area contributed by atoms with E-state index in [1.807, 2.05) is 18.2 Å². The Kier molecular flexibility index (Phi) is 7.68. The van der Waals surface area contributed by atoms with Crippen LogP contribution in [-0.2, 0) is 13.1 Å². The third-order valence-corrected chi connectivity index (χ3v) is 7.06. The second-order valence-electron chi connectivity index (χ2n) is 9.58. The molecule has 0 saturated heterocycles. The van der Waals surface area contributed by atoms with Crippen molar-refractivity contribution in [2.75, 3.05) is 12.8 Å². The van der Waals surface area contributed by atoms with E-state index in [-0.39, 0.29) is 48.1 Å².